The number of non-ortho nitro benzene ring substituents is 1. The largest absolute Gasteiger partial charge is 0.304 e. The Bertz CT molecular complexity index is 1250. The lowest BCUT2D eigenvalue weighted by Crippen LogP contribution is -2.46. The van der Waals surface area contributed by atoms with Crippen LogP contribution in [0.3, 0.4) is 0 Å². The molecule has 1 saturated heterocycles. The summed E-state index contributed by atoms with van der Waals surface area (Å²) in [7, 11) is -1.64. The number of anilines is 1. The van der Waals surface area contributed by atoms with Gasteiger partial charge in [0, 0.05) is 43.9 Å². The van der Waals surface area contributed by atoms with E-state index in [0.717, 1.165) is 11.3 Å². The number of nitrogens with zero attached hydrogens (tertiary/aromatic N) is 4. The Morgan fingerprint density at radius 2 is 1.81 bits per heavy atom. The van der Waals surface area contributed by atoms with Crippen molar-refractivity contribution in [1.29, 1.82) is 0 Å². The van der Waals surface area contributed by atoms with Crippen molar-refractivity contribution in [2.45, 2.75) is 4.90 Å². The van der Waals surface area contributed by atoms with Gasteiger partial charge < -0.3 is 4.90 Å². The Morgan fingerprint density at radius 3 is 2.45 bits per heavy atom. The van der Waals surface area contributed by atoms with Gasteiger partial charge in [0.05, 0.1) is 20.0 Å². The summed E-state index contributed by atoms with van der Waals surface area (Å²) in [6, 6.07) is 9.95. The van der Waals surface area contributed by atoms with Crippen LogP contribution in [0.15, 0.2) is 47.4 Å². The summed E-state index contributed by atoms with van der Waals surface area (Å²) in [5.41, 5.74) is 0.718. The van der Waals surface area contributed by atoms with Crippen LogP contribution in [-0.2, 0) is 10.0 Å². The van der Waals surface area contributed by atoms with E-state index in [4.69, 9.17) is 0 Å². The third-order valence-electron chi connectivity index (χ3n) is 5.02. The maximum absolute atomic E-state index is 13.0. The molecule has 1 aromatic heterocycles. The zero-order chi connectivity index (χ0) is 22.2. The van der Waals surface area contributed by atoms with E-state index in [0.29, 0.717) is 41.5 Å². The summed E-state index contributed by atoms with van der Waals surface area (Å²) in [6.07, 6.45) is 0. The topological polar surface area (TPSA) is 126 Å². The summed E-state index contributed by atoms with van der Waals surface area (Å²) in [5.74, 6) is -0.459. The van der Waals surface area contributed by atoms with Gasteiger partial charge in [0.2, 0.25) is 10.0 Å². The molecule has 0 bridgehead atoms. The molecule has 1 amide bonds. The highest BCUT2D eigenvalue weighted by Crippen LogP contribution is 2.30. The number of aromatic nitrogens is 1. The van der Waals surface area contributed by atoms with Crippen LogP contribution in [0.4, 0.5) is 10.8 Å². The number of nitro groups is 1. The molecule has 162 valence electrons. The van der Waals surface area contributed by atoms with Crippen LogP contribution in [0.25, 0.3) is 10.2 Å². The fraction of sp³-hybridized carbons (Fsp3) is 0.263. The van der Waals surface area contributed by atoms with Crippen molar-refractivity contribution in [2.75, 3.05) is 38.5 Å². The highest BCUT2D eigenvalue weighted by atomic mass is 32.2. The molecule has 2 aromatic carbocycles. The van der Waals surface area contributed by atoms with Gasteiger partial charge in [-0.05, 0) is 37.4 Å². The molecule has 12 heteroatoms. The number of thiazole rings is 1. The van der Waals surface area contributed by atoms with E-state index in [1.54, 1.807) is 12.1 Å². The van der Waals surface area contributed by atoms with E-state index < -0.39 is 20.9 Å². The van der Waals surface area contributed by atoms with Crippen LogP contribution in [0.1, 0.15) is 10.4 Å². The standard InChI is InChI=1S/C19H19N5O5S2/c1-22-8-10-23(11-9-22)31(28,29)15-6-7-16-17(12-15)30-19(20-16)21-18(25)13-2-4-14(5-3-13)24(26)27/h2-7,12H,8-11H2,1H3,(H,20,21,25). The normalized spacial score (nSPS) is 15.8. The number of hydrogen-bond acceptors (Lipinski definition) is 8. The third kappa shape index (κ3) is 4.42. The Kier molecular flexibility index (Phi) is 5.71. The second kappa shape index (κ2) is 8.30. The number of rotatable bonds is 5. The van der Waals surface area contributed by atoms with Crippen molar-refractivity contribution in [3.63, 3.8) is 0 Å². The SMILES string of the molecule is CN1CCN(S(=O)(=O)c2ccc3nc(NC(=O)c4ccc([N+](=O)[O-])cc4)sc3c2)CC1. The van der Waals surface area contributed by atoms with Gasteiger partial charge in [-0.15, -0.1) is 0 Å². The number of amides is 1. The Morgan fingerprint density at radius 1 is 1.13 bits per heavy atom. The molecule has 3 aromatic rings. The quantitative estimate of drug-likeness (QED) is 0.457. The van der Waals surface area contributed by atoms with Crippen molar-refractivity contribution < 1.29 is 18.1 Å². The van der Waals surface area contributed by atoms with Gasteiger partial charge >= 0.3 is 0 Å². The van der Waals surface area contributed by atoms with Crippen LogP contribution in [0.5, 0.6) is 0 Å². The van der Waals surface area contributed by atoms with Crippen LogP contribution in [0.2, 0.25) is 0 Å². The maximum atomic E-state index is 13.0. The first-order valence-corrected chi connectivity index (χ1v) is 11.6. The number of hydrogen-bond donors (Lipinski definition) is 1. The minimum absolute atomic E-state index is 0.106. The second-order valence-corrected chi connectivity index (χ2v) is 10.1. The number of likely N-dealkylation sites (N-methyl/N-ethyl adjacent to an activating group) is 1. The van der Waals surface area contributed by atoms with E-state index in [1.165, 1.54) is 34.6 Å². The van der Waals surface area contributed by atoms with E-state index in [2.05, 4.69) is 15.2 Å². The van der Waals surface area contributed by atoms with Crippen molar-refractivity contribution >= 4 is 48.3 Å². The average molecular weight is 462 g/mol. The third-order valence-corrected chi connectivity index (χ3v) is 7.85. The number of sulfonamides is 1. The summed E-state index contributed by atoms with van der Waals surface area (Å²) in [4.78, 5) is 29.2. The van der Waals surface area contributed by atoms with E-state index in [1.807, 2.05) is 7.05 Å². The van der Waals surface area contributed by atoms with Crippen molar-refractivity contribution in [1.82, 2.24) is 14.2 Å². The smallest absolute Gasteiger partial charge is 0.269 e. The number of carbonyl (C=O) groups excluding carboxylic acids is 1. The number of carbonyl (C=O) groups is 1. The molecule has 0 aliphatic carbocycles. The summed E-state index contributed by atoms with van der Waals surface area (Å²) < 4.78 is 28.0. The van der Waals surface area contributed by atoms with Gasteiger partial charge in [-0.1, -0.05) is 11.3 Å². The molecule has 0 saturated carbocycles. The van der Waals surface area contributed by atoms with E-state index >= 15 is 0 Å². The minimum Gasteiger partial charge on any atom is -0.304 e. The first-order valence-electron chi connectivity index (χ1n) is 9.39. The monoisotopic (exact) mass is 461 g/mol. The van der Waals surface area contributed by atoms with Crippen molar-refractivity contribution in [3.05, 3.63) is 58.1 Å². The van der Waals surface area contributed by atoms with Crippen LogP contribution in [0, 0.1) is 10.1 Å². The number of benzene rings is 2. The zero-order valence-corrected chi connectivity index (χ0v) is 18.1. The predicted molar refractivity (Wildman–Crippen MR) is 117 cm³/mol. The lowest BCUT2D eigenvalue weighted by Gasteiger charge is -2.31. The Labute approximate surface area is 182 Å². The molecule has 0 unspecified atom stereocenters. The fourth-order valence-corrected chi connectivity index (χ4v) is 5.62. The zero-order valence-electron chi connectivity index (χ0n) is 16.5. The lowest BCUT2D eigenvalue weighted by molar-refractivity contribution is -0.384. The molecule has 2 heterocycles. The molecule has 1 aliphatic rings. The predicted octanol–water partition coefficient (Wildman–Crippen LogP) is 2.39. The Hall–Kier alpha value is -2.93. The average Bonchev–Trinajstić information content (AvgIpc) is 3.15. The summed E-state index contributed by atoms with van der Waals surface area (Å²) in [5, 5.41) is 13.7. The van der Waals surface area contributed by atoms with Gasteiger partial charge in [-0.3, -0.25) is 20.2 Å². The molecular weight excluding hydrogens is 442 g/mol. The highest BCUT2D eigenvalue weighted by molar-refractivity contribution is 7.89. The molecule has 0 atom stereocenters. The van der Waals surface area contributed by atoms with Gasteiger partial charge in [-0.25, -0.2) is 13.4 Å². The van der Waals surface area contributed by atoms with Crippen molar-refractivity contribution in [3.8, 4) is 0 Å². The lowest BCUT2D eigenvalue weighted by atomic mass is 10.2. The van der Waals surface area contributed by atoms with Crippen molar-refractivity contribution in [2.24, 2.45) is 0 Å². The molecular formula is C19H19N5O5S2. The molecule has 1 aliphatic heterocycles. The minimum atomic E-state index is -3.60. The fourth-order valence-electron chi connectivity index (χ4n) is 3.20. The van der Waals surface area contributed by atoms with Crippen LogP contribution < -0.4 is 5.32 Å². The number of nitrogens with one attached hydrogen (secondary N) is 1. The number of nitro benzene ring substituents is 1. The van der Waals surface area contributed by atoms with E-state index in [-0.39, 0.29) is 16.1 Å². The van der Waals surface area contributed by atoms with Gasteiger partial charge in [0.1, 0.15) is 0 Å². The molecule has 0 radical (unpaired) electrons. The van der Waals surface area contributed by atoms with Crippen LogP contribution >= 0.6 is 11.3 Å². The summed E-state index contributed by atoms with van der Waals surface area (Å²) >= 11 is 1.16. The molecule has 0 spiro atoms. The maximum Gasteiger partial charge on any atom is 0.269 e. The van der Waals surface area contributed by atoms with Gasteiger partial charge in [0.25, 0.3) is 11.6 Å². The summed E-state index contributed by atoms with van der Waals surface area (Å²) in [6.45, 7) is 2.24. The molecule has 10 nitrogen and oxygen atoms in total. The van der Waals surface area contributed by atoms with Gasteiger partial charge in [-0.2, -0.15) is 4.31 Å². The molecule has 4 rings (SSSR count). The first-order chi connectivity index (χ1) is 14.7. The molecule has 1 fully saturated rings. The number of fused-ring (bicyclic) bond motifs is 1. The first kappa shape index (κ1) is 21.3. The second-order valence-electron chi connectivity index (χ2n) is 7.11. The number of piperazine rings is 1. The van der Waals surface area contributed by atoms with Gasteiger partial charge in [0.15, 0.2) is 5.13 Å². The highest BCUT2D eigenvalue weighted by Gasteiger charge is 2.28. The van der Waals surface area contributed by atoms with E-state index in [9.17, 15) is 23.3 Å². The van der Waals surface area contributed by atoms with Crippen LogP contribution in [-0.4, -0.2) is 66.7 Å². The molecule has 1 N–H and O–H groups in total. The Balaban J connectivity index is 1.53. The molecule has 31 heavy (non-hydrogen) atoms.